The Morgan fingerprint density at radius 3 is 2.61 bits per heavy atom. The predicted octanol–water partition coefficient (Wildman–Crippen LogP) is 2.42. The molecule has 0 fully saturated rings. The van der Waals surface area contributed by atoms with Gasteiger partial charge in [-0.2, -0.15) is 5.10 Å². The third kappa shape index (κ3) is 2.98. The van der Waals surface area contributed by atoms with Crippen molar-refractivity contribution in [2.45, 2.75) is 13.5 Å². The molecule has 18 heavy (non-hydrogen) atoms. The summed E-state index contributed by atoms with van der Waals surface area (Å²) in [5, 5.41) is 7.11. The Balaban J connectivity index is 2.00. The van der Waals surface area contributed by atoms with Crippen LogP contribution in [-0.2, 0) is 13.6 Å². The second-order valence-corrected chi connectivity index (χ2v) is 5.01. The highest BCUT2D eigenvalue weighted by Gasteiger charge is 2.07. The van der Waals surface area contributed by atoms with Gasteiger partial charge < -0.3 is 5.32 Å². The molecule has 0 spiro atoms. The lowest BCUT2D eigenvalue weighted by Crippen LogP contribution is -2.23. The van der Waals surface area contributed by atoms with Crippen LogP contribution in [0.5, 0.6) is 0 Å². The summed E-state index contributed by atoms with van der Waals surface area (Å²) in [6, 6.07) is 9.23. The van der Waals surface area contributed by atoms with Crippen molar-refractivity contribution in [3.63, 3.8) is 0 Å². The lowest BCUT2D eigenvalue weighted by atomic mass is 10.2. The van der Waals surface area contributed by atoms with Crippen molar-refractivity contribution < 1.29 is 4.79 Å². The normalized spacial score (nSPS) is 10.4. The van der Waals surface area contributed by atoms with Crippen molar-refractivity contribution in [2.75, 3.05) is 0 Å². The van der Waals surface area contributed by atoms with Gasteiger partial charge in [0.1, 0.15) is 0 Å². The molecular formula is C13H14BrN3O. The first-order chi connectivity index (χ1) is 8.56. The monoisotopic (exact) mass is 307 g/mol. The van der Waals surface area contributed by atoms with E-state index in [1.54, 1.807) is 16.8 Å². The van der Waals surface area contributed by atoms with E-state index in [-0.39, 0.29) is 5.91 Å². The fraction of sp³-hybridized carbons (Fsp3) is 0.231. The summed E-state index contributed by atoms with van der Waals surface area (Å²) >= 11 is 3.34. The highest BCUT2D eigenvalue weighted by molar-refractivity contribution is 9.10. The fourth-order valence-corrected chi connectivity index (χ4v) is 1.97. The number of halogens is 1. The van der Waals surface area contributed by atoms with E-state index in [1.807, 2.05) is 32.2 Å². The smallest absolute Gasteiger partial charge is 0.251 e. The molecule has 4 nitrogen and oxygen atoms in total. The predicted molar refractivity (Wildman–Crippen MR) is 73.3 cm³/mol. The molecule has 0 unspecified atom stereocenters. The number of hydrogen-bond acceptors (Lipinski definition) is 2. The quantitative estimate of drug-likeness (QED) is 0.946. The van der Waals surface area contributed by atoms with E-state index < -0.39 is 0 Å². The molecule has 0 aliphatic carbocycles. The van der Waals surface area contributed by atoms with E-state index >= 15 is 0 Å². The summed E-state index contributed by atoms with van der Waals surface area (Å²) < 4.78 is 2.73. The van der Waals surface area contributed by atoms with E-state index in [4.69, 9.17) is 0 Å². The molecule has 1 aromatic carbocycles. The average molecular weight is 308 g/mol. The standard InChI is InChI=1S/C13H14BrN3O/c1-9-7-12(17(2)16-9)8-15-13(18)10-3-5-11(14)6-4-10/h3-7H,8H2,1-2H3,(H,15,18). The van der Waals surface area contributed by atoms with Crippen LogP contribution in [0.3, 0.4) is 0 Å². The van der Waals surface area contributed by atoms with Crippen LogP contribution in [0.4, 0.5) is 0 Å². The van der Waals surface area contributed by atoms with Crippen LogP contribution >= 0.6 is 15.9 Å². The van der Waals surface area contributed by atoms with Crippen LogP contribution in [0.2, 0.25) is 0 Å². The molecule has 0 aliphatic rings. The third-order valence-corrected chi connectivity index (χ3v) is 3.16. The number of benzene rings is 1. The number of carbonyl (C=O) groups excluding carboxylic acids is 1. The second-order valence-electron chi connectivity index (χ2n) is 4.09. The number of hydrogen-bond donors (Lipinski definition) is 1. The topological polar surface area (TPSA) is 46.9 Å². The molecule has 2 aromatic rings. The molecule has 1 N–H and O–H groups in total. The first-order valence-electron chi connectivity index (χ1n) is 5.59. The molecule has 0 radical (unpaired) electrons. The number of rotatable bonds is 3. The van der Waals surface area contributed by atoms with Crippen molar-refractivity contribution in [1.82, 2.24) is 15.1 Å². The Bertz CT molecular complexity index is 560. The third-order valence-electron chi connectivity index (χ3n) is 2.64. The summed E-state index contributed by atoms with van der Waals surface area (Å²) in [6.07, 6.45) is 0. The molecule has 94 valence electrons. The minimum Gasteiger partial charge on any atom is -0.346 e. The molecule has 0 bridgehead atoms. The van der Waals surface area contributed by atoms with Crippen molar-refractivity contribution in [2.24, 2.45) is 7.05 Å². The van der Waals surface area contributed by atoms with Crippen LogP contribution < -0.4 is 5.32 Å². The van der Waals surface area contributed by atoms with Gasteiger partial charge in [-0.25, -0.2) is 0 Å². The van der Waals surface area contributed by atoms with Gasteiger partial charge in [0.25, 0.3) is 5.91 Å². The molecule has 0 saturated carbocycles. The van der Waals surface area contributed by atoms with E-state index in [2.05, 4.69) is 26.3 Å². The largest absolute Gasteiger partial charge is 0.346 e. The minimum absolute atomic E-state index is 0.0821. The van der Waals surface area contributed by atoms with E-state index in [1.165, 1.54) is 0 Å². The summed E-state index contributed by atoms with van der Waals surface area (Å²) in [4.78, 5) is 11.9. The fourth-order valence-electron chi connectivity index (χ4n) is 1.70. The van der Waals surface area contributed by atoms with Gasteiger partial charge in [-0.3, -0.25) is 9.48 Å². The number of carbonyl (C=O) groups is 1. The molecular weight excluding hydrogens is 294 g/mol. The number of aryl methyl sites for hydroxylation is 2. The van der Waals surface area contributed by atoms with E-state index in [9.17, 15) is 4.79 Å². The molecule has 0 saturated heterocycles. The average Bonchev–Trinajstić information content (AvgIpc) is 2.66. The molecule has 0 aliphatic heterocycles. The maximum Gasteiger partial charge on any atom is 0.251 e. The Morgan fingerprint density at radius 2 is 2.06 bits per heavy atom. The van der Waals surface area contributed by atoms with E-state index in [0.29, 0.717) is 12.1 Å². The van der Waals surface area contributed by atoms with Gasteiger partial charge in [-0.15, -0.1) is 0 Å². The molecule has 1 heterocycles. The number of nitrogens with zero attached hydrogens (tertiary/aromatic N) is 2. The van der Waals surface area contributed by atoms with Gasteiger partial charge in [-0.1, -0.05) is 15.9 Å². The van der Waals surface area contributed by atoms with E-state index in [0.717, 1.165) is 15.9 Å². The van der Waals surface area contributed by atoms with Crippen LogP contribution in [0.1, 0.15) is 21.7 Å². The maximum atomic E-state index is 11.9. The van der Waals surface area contributed by atoms with Gasteiger partial charge in [0.15, 0.2) is 0 Å². The molecule has 1 aromatic heterocycles. The van der Waals surface area contributed by atoms with Gasteiger partial charge in [-0.05, 0) is 37.3 Å². The Morgan fingerprint density at radius 1 is 1.39 bits per heavy atom. The number of nitrogens with one attached hydrogen (secondary N) is 1. The summed E-state index contributed by atoms with van der Waals surface area (Å²) in [5.74, 6) is -0.0821. The zero-order valence-corrected chi connectivity index (χ0v) is 11.9. The van der Waals surface area contributed by atoms with Crippen molar-refractivity contribution >= 4 is 21.8 Å². The lowest BCUT2D eigenvalue weighted by Gasteiger charge is -2.05. The van der Waals surface area contributed by atoms with Crippen LogP contribution in [-0.4, -0.2) is 15.7 Å². The Hall–Kier alpha value is -1.62. The molecule has 1 amide bonds. The summed E-state index contributed by atoms with van der Waals surface area (Å²) in [6.45, 7) is 2.41. The Kier molecular flexibility index (Phi) is 3.81. The van der Waals surface area contributed by atoms with Crippen LogP contribution in [0.25, 0.3) is 0 Å². The maximum absolute atomic E-state index is 11.9. The van der Waals surface area contributed by atoms with Crippen LogP contribution in [0, 0.1) is 6.92 Å². The molecule has 5 heteroatoms. The van der Waals surface area contributed by atoms with Gasteiger partial charge in [0.05, 0.1) is 17.9 Å². The molecule has 2 rings (SSSR count). The van der Waals surface area contributed by atoms with Gasteiger partial charge >= 0.3 is 0 Å². The van der Waals surface area contributed by atoms with Crippen molar-refractivity contribution in [1.29, 1.82) is 0 Å². The number of amides is 1. The second kappa shape index (κ2) is 5.35. The zero-order chi connectivity index (χ0) is 13.1. The van der Waals surface area contributed by atoms with Gasteiger partial charge in [0, 0.05) is 17.1 Å². The lowest BCUT2D eigenvalue weighted by molar-refractivity contribution is 0.0950. The number of aromatic nitrogens is 2. The zero-order valence-electron chi connectivity index (χ0n) is 10.3. The summed E-state index contributed by atoms with van der Waals surface area (Å²) in [5.41, 5.74) is 2.58. The molecule has 0 atom stereocenters. The van der Waals surface area contributed by atoms with Crippen LogP contribution in [0.15, 0.2) is 34.8 Å². The first kappa shape index (κ1) is 12.8. The first-order valence-corrected chi connectivity index (χ1v) is 6.39. The van der Waals surface area contributed by atoms with Gasteiger partial charge in [0.2, 0.25) is 0 Å². The van der Waals surface area contributed by atoms with Crippen molar-refractivity contribution in [3.05, 3.63) is 51.8 Å². The highest BCUT2D eigenvalue weighted by Crippen LogP contribution is 2.10. The highest BCUT2D eigenvalue weighted by atomic mass is 79.9. The SMILES string of the molecule is Cc1cc(CNC(=O)c2ccc(Br)cc2)n(C)n1. The summed E-state index contributed by atoms with van der Waals surface area (Å²) in [7, 11) is 1.87. The minimum atomic E-state index is -0.0821. The Labute approximate surface area is 114 Å². The van der Waals surface area contributed by atoms with Crippen molar-refractivity contribution in [3.8, 4) is 0 Å².